The Morgan fingerprint density at radius 3 is 2.65 bits per heavy atom. The number of carbonyl (C=O) groups is 1. The van der Waals surface area contributed by atoms with Crippen molar-refractivity contribution in [1.82, 2.24) is 0 Å². The Labute approximate surface area is 185 Å². The average Bonchev–Trinajstić information content (AvgIpc) is 3.25. The molecule has 1 aromatic heterocycles. The Bertz CT molecular complexity index is 1170. The molecule has 4 rings (SSSR count). The first-order valence-corrected chi connectivity index (χ1v) is 10.9. The molecule has 0 amide bonds. The number of benzene rings is 2. The molecule has 1 aliphatic heterocycles. The minimum atomic E-state index is -0.374. The van der Waals surface area contributed by atoms with Gasteiger partial charge in [0.05, 0.1) is 18.2 Å². The summed E-state index contributed by atoms with van der Waals surface area (Å²) >= 11 is 1.45. The standard InChI is InChI=1S/C25H24FNO3S/c1-15-12-25(2,3)27-21-8-7-18(19-6-5-17(26)11-22(19)29-4)20(23(15)21)13-30-24(28)16-9-10-31-14-16/h5-12,14,27H,13H2,1-4H3. The van der Waals surface area contributed by atoms with Gasteiger partial charge < -0.3 is 14.8 Å². The number of esters is 1. The van der Waals surface area contributed by atoms with Gasteiger partial charge in [0, 0.05) is 33.8 Å². The van der Waals surface area contributed by atoms with E-state index in [9.17, 15) is 9.18 Å². The van der Waals surface area contributed by atoms with Crippen LogP contribution in [-0.4, -0.2) is 18.6 Å². The third-order valence-electron chi connectivity index (χ3n) is 5.30. The molecule has 2 aromatic carbocycles. The van der Waals surface area contributed by atoms with E-state index in [4.69, 9.17) is 9.47 Å². The molecule has 0 bridgehead atoms. The average molecular weight is 438 g/mol. The van der Waals surface area contributed by atoms with E-state index in [1.54, 1.807) is 17.5 Å². The Morgan fingerprint density at radius 1 is 1.16 bits per heavy atom. The molecular formula is C25H24FNO3S. The third kappa shape index (κ3) is 4.21. The molecule has 160 valence electrons. The zero-order valence-corrected chi connectivity index (χ0v) is 18.7. The molecule has 0 saturated carbocycles. The zero-order valence-electron chi connectivity index (χ0n) is 17.9. The van der Waals surface area contributed by atoms with Gasteiger partial charge in [0.25, 0.3) is 0 Å². The highest BCUT2D eigenvalue weighted by atomic mass is 32.1. The summed E-state index contributed by atoms with van der Waals surface area (Å²) in [6.07, 6.45) is 2.16. The van der Waals surface area contributed by atoms with Crippen molar-refractivity contribution >= 4 is 28.6 Å². The van der Waals surface area contributed by atoms with Gasteiger partial charge in [-0.2, -0.15) is 11.3 Å². The number of methoxy groups -OCH3 is 1. The van der Waals surface area contributed by atoms with Crippen LogP contribution in [0, 0.1) is 5.82 Å². The van der Waals surface area contributed by atoms with Crippen molar-refractivity contribution in [1.29, 1.82) is 0 Å². The second kappa shape index (κ2) is 8.19. The summed E-state index contributed by atoms with van der Waals surface area (Å²) in [4.78, 5) is 12.5. The molecule has 0 saturated heterocycles. The van der Waals surface area contributed by atoms with Crippen molar-refractivity contribution in [2.24, 2.45) is 0 Å². The Hall–Kier alpha value is -3.12. The minimum absolute atomic E-state index is 0.0843. The number of fused-ring (bicyclic) bond motifs is 1. The zero-order chi connectivity index (χ0) is 22.2. The van der Waals surface area contributed by atoms with Crippen LogP contribution in [0.5, 0.6) is 5.75 Å². The first-order chi connectivity index (χ1) is 14.8. The van der Waals surface area contributed by atoms with Crippen molar-refractivity contribution < 1.29 is 18.7 Å². The smallest absolute Gasteiger partial charge is 0.339 e. The van der Waals surface area contributed by atoms with E-state index in [0.717, 1.165) is 33.5 Å². The highest BCUT2D eigenvalue weighted by Gasteiger charge is 2.27. The van der Waals surface area contributed by atoms with Crippen LogP contribution < -0.4 is 10.1 Å². The normalized spacial score (nSPS) is 14.3. The third-order valence-corrected chi connectivity index (χ3v) is 5.98. The van der Waals surface area contributed by atoms with Gasteiger partial charge in [0.15, 0.2) is 0 Å². The molecule has 0 fully saturated rings. The van der Waals surface area contributed by atoms with Crippen LogP contribution in [0.4, 0.5) is 10.1 Å². The van der Waals surface area contributed by atoms with Crippen LogP contribution in [-0.2, 0) is 11.3 Å². The van der Waals surface area contributed by atoms with Crippen LogP contribution in [0.15, 0.2) is 53.2 Å². The number of carbonyl (C=O) groups excluding carboxylic acids is 1. The molecule has 2 heterocycles. The summed E-state index contributed by atoms with van der Waals surface area (Å²) in [5.74, 6) is -0.318. The predicted octanol–water partition coefficient (Wildman–Crippen LogP) is 6.53. The van der Waals surface area contributed by atoms with Crippen molar-refractivity contribution in [3.05, 3.63) is 75.7 Å². The molecular weight excluding hydrogens is 413 g/mol. The van der Waals surface area contributed by atoms with Gasteiger partial charge in [-0.05, 0) is 61.6 Å². The maximum atomic E-state index is 13.8. The maximum Gasteiger partial charge on any atom is 0.339 e. The van der Waals surface area contributed by atoms with Gasteiger partial charge in [-0.1, -0.05) is 12.1 Å². The molecule has 1 N–H and O–H groups in total. The molecule has 4 nitrogen and oxygen atoms in total. The lowest BCUT2D eigenvalue weighted by Gasteiger charge is -2.33. The molecule has 0 aliphatic carbocycles. The van der Waals surface area contributed by atoms with Gasteiger partial charge >= 0.3 is 5.97 Å². The number of hydrogen-bond acceptors (Lipinski definition) is 5. The first kappa shape index (κ1) is 21.1. The largest absolute Gasteiger partial charge is 0.496 e. The van der Waals surface area contributed by atoms with E-state index < -0.39 is 0 Å². The van der Waals surface area contributed by atoms with Crippen LogP contribution in [0.25, 0.3) is 16.7 Å². The van der Waals surface area contributed by atoms with Crippen molar-refractivity contribution in [2.75, 3.05) is 12.4 Å². The van der Waals surface area contributed by atoms with Gasteiger partial charge in [0.2, 0.25) is 0 Å². The number of halogens is 1. The number of thiophene rings is 1. The molecule has 0 unspecified atom stereocenters. The Balaban J connectivity index is 1.84. The number of ether oxygens (including phenoxy) is 2. The summed E-state index contributed by atoms with van der Waals surface area (Å²) in [7, 11) is 1.52. The SMILES string of the molecule is COc1cc(F)ccc1-c1ccc2c(c1COC(=O)c1ccsc1)C(C)=CC(C)(C)N2. The maximum absolute atomic E-state index is 13.8. The monoisotopic (exact) mass is 437 g/mol. The number of anilines is 1. The number of nitrogens with one attached hydrogen (secondary N) is 1. The van der Waals surface area contributed by atoms with E-state index in [1.165, 1.54) is 30.6 Å². The van der Waals surface area contributed by atoms with Crippen molar-refractivity contribution in [2.45, 2.75) is 32.9 Å². The lowest BCUT2D eigenvalue weighted by Crippen LogP contribution is -2.32. The fourth-order valence-electron chi connectivity index (χ4n) is 4.09. The molecule has 3 aromatic rings. The second-order valence-corrected chi connectivity index (χ2v) is 8.90. The minimum Gasteiger partial charge on any atom is -0.496 e. The molecule has 31 heavy (non-hydrogen) atoms. The first-order valence-electron chi connectivity index (χ1n) is 9.96. The van der Waals surface area contributed by atoms with Gasteiger partial charge in [-0.25, -0.2) is 9.18 Å². The summed E-state index contributed by atoms with van der Waals surface area (Å²) < 4.78 is 25.0. The van der Waals surface area contributed by atoms with Crippen LogP contribution in [0.1, 0.15) is 42.3 Å². The van der Waals surface area contributed by atoms with Gasteiger partial charge in [-0.15, -0.1) is 0 Å². The van der Waals surface area contributed by atoms with E-state index in [1.807, 2.05) is 17.5 Å². The second-order valence-electron chi connectivity index (χ2n) is 8.12. The van der Waals surface area contributed by atoms with E-state index in [-0.39, 0.29) is 23.9 Å². The number of rotatable bonds is 5. The lowest BCUT2D eigenvalue weighted by atomic mass is 9.85. The van der Waals surface area contributed by atoms with E-state index >= 15 is 0 Å². The summed E-state index contributed by atoms with van der Waals surface area (Å²) in [5, 5.41) is 7.14. The Morgan fingerprint density at radius 2 is 1.94 bits per heavy atom. The fraction of sp³-hybridized carbons (Fsp3) is 0.240. The van der Waals surface area contributed by atoms with E-state index in [0.29, 0.717) is 11.3 Å². The topological polar surface area (TPSA) is 47.6 Å². The quantitative estimate of drug-likeness (QED) is 0.461. The highest BCUT2D eigenvalue weighted by molar-refractivity contribution is 7.08. The van der Waals surface area contributed by atoms with Crippen LogP contribution >= 0.6 is 11.3 Å². The fourth-order valence-corrected chi connectivity index (χ4v) is 4.72. The predicted molar refractivity (Wildman–Crippen MR) is 123 cm³/mol. The summed E-state index contributed by atoms with van der Waals surface area (Å²) in [6, 6.07) is 10.2. The van der Waals surface area contributed by atoms with Gasteiger partial charge in [-0.3, -0.25) is 0 Å². The molecule has 0 atom stereocenters. The number of allylic oxidation sites excluding steroid dienone is 1. The van der Waals surface area contributed by atoms with Crippen LogP contribution in [0.2, 0.25) is 0 Å². The molecule has 0 radical (unpaired) electrons. The van der Waals surface area contributed by atoms with Crippen LogP contribution in [0.3, 0.4) is 0 Å². The molecule has 1 aliphatic rings. The Kier molecular flexibility index (Phi) is 5.58. The van der Waals surface area contributed by atoms with Crippen molar-refractivity contribution in [3.8, 4) is 16.9 Å². The van der Waals surface area contributed by atoms with Gasteiger partial charge in [0.1, 0.15) is 18.2 Å². The molecule has 6 heteroatoms. The van der Waals surface area contributed by atoms with E-state index in [2.05, 4.69) is 32.2 Å². The highest BCUT2D eigenvalue weighted by Crippen LogP contribution is 2.42. The number of hydrogen-bond donors (Lipinski definition) is 1. The van der Waals surface area contributed by atoms with Crippen molar-refractivity contribution in [3.63, 3.8) is 0 Å². The molecule has 0 spiro atoms. The lowest BCUT2D eigenvalue weighted by molar-refractivity contribution is 0.0474. The summed E-state index contributed by atoms with van der Waals surface area (Å²) in [6.45, 7) is 6.34. The summed E-state index contributed by atoms with van der Waals surface area (Å²) in [5.41, 5.74) is 5.80.